The van der Waals surface area contributed by atoms with Crippen LogP contribution in [-0.4, -0.2) is 30.8 Å². The fraction of sp³-hybridized carbons (Fsp3) is 0.636. The van der Waals surface area contributed by atoms with Crippen LogP contribution < -0.4 is 5.73 Å². The van der Waals surface area contributed by atoms with E-state index in [-0.39, 0.29) is 0 Å². The second kappa shape index (κ2) is 3.94. The van der Waals surface area contributed by atoms with Crippen LogP contribution in [-0.2, 0) is 7.05 Å². The lowest BCUT2D eigenvalue weighted by molar-refractivity contribution is 0.507. The molecule has 3 heterocycles. The number of thioether (sulfide) groups is 1. The van der Waals surface area contributed by atoms with Gasteiger partial charge in [-0.15, -0.1) is 0 Å². The lowest BCUT2D eigenvalue weighted by Crippen LogP contribution is -2.19. The number of imidazole rings is 1. The average Bonchev–Trinajstić information content (AvgIpc) is 2.79. The van der Waals surface area contributed by atoms with E-state index in [4.69, 9.17) is 5.73 Å². The number of aromatic nitrogens is 4. The number of hydrogen-bond acceptors (Lipinski definition) is 4. The maximum atomic E-state index is 6.07. The number of anilines is 1. The van der Waals surface area contributed by atoms with Gasteiger partial charge in [-0.3, -0.25) is 9.25 Å². The van der Waals surface area contributed by atoms with Crippen molar-refractivity contribution in [2.45, 2.75) is 25.8 Å². The third-order valence-corrected chi connectivity index (χ3v) is 4.56. The minimum atomic E-state index is 0.466. The van der Waals surface area contributed by atoms with Crippen molar-refractivity contribution in [3.63, 3.8) is 0 Å². The Balaban J connectivity index is 2.16. The van der Waals surface area contributed by atoms with E-state index < -0.39 is 0 Å². The number of rotatable bonds is 1. The number of nitrogen functional groups attached to an aromatic ring is 1. The Morgan fingerprint density at radius 3 is 3.00 bits per heavy atom. The van der Waals surface area contributed by atoms with Gasteiger partial charge in [0.1, 0.15) is 5.52 Å². The van der Waals surface area contributed by atoms with Crippen molar-refractivity contribution in [3.8, 4) is 0 Å². The van der Waals surface area contributed by atoms with Crippen molar-refractivity contribution in [2.75, 3.05) is 17.2 Å². The third-order valence-electron chi connectivity index (χ3n) is 3.36. The number of nitrogens with zero attached hydrogens (tertiary/aromatic N) is 4. The molecule has 1 aliphatic rings. The molecule has 6 heteroatoms. The molecule has 0 aliphatic carbocycles. The molecule has 0 spiro atoms. The fourth-order valence-electron chi connectivity index (χ4n) is 2.60. The zero-order valence-corrected chi connectivity index (χ0v) is 11.0. The molecular formula is C11H17N5S. The van der Waals surface area contributed by atoms with Crippen LogP contribution in [0, 0.1) is 6.92 Å². The van der Waals surface area contributed by atoms with E-state index in [2.05, 4.69) is 14.6 Å². The van der Waals surface area contributed by atoms with Crippen molar-refractivity contribution in [2.24, 2.45) is 7.05 Å². The lowest BCUT2D eigenvalue weighted by Gasteiger charge is -2.24. The van der Waals surface area contributed by atoms with Crippen molar-refractivity contribution in [3.05, 3.63) is 5.69 Å². The van der Waals surface area contributed by atoms with Gasteiger partial charge in [-0.2, -0.15) is 16.9 Å². The highest BCUT2D eigenvalue weighted by Crippen LogP contribution is 2.32. The molecule has 1 aliphatic heterocycles. The molecule has 0 bridgehead atoms. The summed E-state index contributed by atoms with van der Waals surface area (Å²) in [4.78, 5) is 4.46. The Kier molecular flexibility index (Phi) is 2.54. The number of hydrogen-bond donors (Lipinski definition) is 1. The van der Waals surface area contributed by atoms with Crippen LogP contribution in [0.5, 0.6) is 0 Å². The highest BCUT2D eigenvalue weighted by molar-refractivity contribution is 7.99. The Bertz CT molecular complexity index is 550. The van der Waals surface area contributed by atoms with Crippen molar-refractivity contribution in [1.82, 2.24) is 19.3 Å². The SMILES string of the molecule is Cc1nn(C)c2c1nc(N)n2C1CCCSC1. The standard InChI is InChI=1S/C11H17N5S/c1-7-9-10(15(2)14-7)16(11(12)13-9)8-4-3-5-17-6-8/h8H,3-6H2,1-2H3,(H2,12,13). The van der Waals surface area contributed by atoms with E-state index in [1.165, 1.54) is 18.6 Å². The van der Waals surface area contributed by atoms with Gasteiger partial charge < -0.3 is 5.73 Å². The highest BCUT2D eigenvalue weighted by atomic mass is 32.2. The molecule has 2 N–H and O–H groups in total. The van der Waals surface area contributed by atoms with Crippen LogP contribution in [0.1, 0.15) is 24.6 Å². The summed E-state index contributed by atoms with van der Waals surface area (Å²) < 4.78 is 4.06. The van der Waals surface area contributed by atoms with E-state index >= 15 is 0 Å². The van der Waals surface area contributed by atoms with Crippen LogP contribution in [0.25, 0.3) is 11.2 Å². The second-order valence-electron chi connectivity index (χ2n) is 4.59. The molecule has 1 atom stereocenters. The van der Waals surface area contributed by atoms with Crippen molar-refractivity contribution in [1.29, 1.82) is 0 Å². The zero-order chi connectivity index (χ0) is 12.0. The molecule has 2 aromatic rings. The van der Waals surface area contributed by atoms with E-state index in [1.807, 2.05) is 30.4 Å². The first-order valence-electron chi connectivity index (χ1n) is 5.93. The zero-order valence-electron chi connectivity index (χ0n) is 10.2. The van der Waals surface area contributed by atoms with E-state index in [9.17, 15) is 0 Å². The van der Waals surface area contributed by atoms with Crippen LogP contribution >= 0.6 is 11.8 Å². The number of fused-ring (bicyclic) bond motifs is 1. The first kappa shape index (κ1) is 11.0. The largest absolute Gasteiger partial charge is 0.369 e. The van der Waals surface area contributed by atoms with Gasteiger partial charge in [0.2, 0.25) is 5.95 Å². The van der Waals surface area contributed by atoms with Gasteiger partial charge in [-0.05, 0) is 25.5 Å². The van der Waals surface area contributed by atoms with Gasteiger partial charge in [-0.25, -0.2) is 4.98 Å². The molecular weight excluding hydrogens is 234 g/mol. The molecule has 1 unspecified atom stereocenters. The predicted octanol–water partition coefficient (Wildman–Crippen LogP) is 1.73. The summed E-state index contributed by atoms with van der Waals surface area (Å²) in [6, 6.07) is 0.466. The first-order chi connectivity index (χ1) is 8.18. The maximum Gasteiger partial charge on any atom is 0.202 e. The van der Waals surface area contributed by atoms with Gasteiger partial charge in [0.05, 0.1) is 5.69 Å². The molecule has 0 radical (unpaired) electrons. The summed E-state index contributed by atoms with van der Waals surface area (Å²) in [6.45, 7) is 1.98. The predicted molar refractivity (Wildman–Crippen MR) is 71.2 cm³/mol. The summed E-state index contributed by atoms with van der Waals surface area (Å²) in [5.41, 5.74) is 9.03. The van der Waals surface area contributed by atoms with Gasteiger partial charge in [-0.1, -0.05) is 0 Å². The normalized spacial score (nSPS) is 21.2. The third kappa shape index (κ3) is 1.62. The summed E-state index contributed by atoms with van der Waals surface area (Å²) in [5, 5.41) is 4.42. The molecule has 0 aromatic carbocycles. The van der Waals surface area contributed by atoms with Gasteiger partial charge in [0, 0.05) is 18.8 Å². The molecule has 92 valence electrons. The average molecular weight is 251 g/mol. The molecule has 1 fully saturated rings. The van der Waals surface area contributed by atoms with Crippen LogP contribution in [0.15, 0.2) is 0 Å². The van der Waals surface area contributed by atoms with Crippen molar-refractivity contribution >= 4 is 28.9 Å². The van der Waals surface area contributed by atoms with E-state index in [0.717, 1.165) is 22.6 Å². The van der Waals surface area contributed by atoms with Gasteiger partial charge in [0.15, 0.2) is 5.65 Å². The molecule has 1 saturated heterocycles. The Morgan fingerprint density at radius 2 is 2.29 bits per heavy atom. The maximum absolute atomic E-state index is 6.07. The summed E-state index contributed by atoms with van der Waals surface area (Å²) >= 11 is 2.00. The summed E-state index contributed by atoms with van der Waals surface area (Å²) in [5.74, 6) is 3.02. The van der Waals surface area contributed by atoms with Crippen LogP contribution in [0.3, 0.4) is 0 Å². The number of nitrogens with two attached hydrogens (primary N) is 1. The lowest BCUT2D eigenvalue weighted by atomic mass is 10.2. The molecule has 5 nitrogen and oxygen atoms in total. The van der Waals surface area contributed by atoms with Crippen LogP contribution in [0.2, 0.25) is 0 Å². The molecule has 0 amide bonds. The van der Waals surface area contributed by atoms with Crippen LogP contribution in [0.4, 0.5) is 5.95 Å². The van der Waals surface area contributed by atoms with Gasteiger partial charge >= 0.3 is 0 Å². The fourth-order valence-corrected chi connectivity index (χ4v) is 3.73. The Morgan fingerprint density at radius 1 is 1.47 bits per heavy atom. The Labute approximate surface area is 104 Å². The quantitative estimate of drug-likeness (QED) is 0.838. The van der Waals surface area contributed by atoms with Crippen molar-refractivity contribution < 1.29 is 0 Å². The molecule has 0 saturated carbocycles. The topological polar surface area (TPSA) is 61.7 Å². The van der Waals surface area contributed by atoms with E-state index in [1.54, 1.807) is 0 Å². The monoisotopic (exact) mass is 251 g/mol. The Hall–Kier alpha value is -1.17. The van der Waals surface area contributed by atoms with Gasteiger partial charge in [0.25, 0.3) is 0 Å². The molecule has 3 rings (SSSR count). The number of aryl methyl sites for hydroxylation is 2. The highest BCUT2D eigenvalue weighted by Gasteiger charge is 2.23. The smallest absolute Gasteiger partial charge is 0.202 e. The molecule has 17 heavy (non-hydrogen) atoms. The molecule has 2 aromatic heterocycles. The van der Waals surface area contributed by atoms with E-state index in [0.29, 0.717) is 12.0 Å². The first-order valence-corrected chi connectivity index (χ1v) is 7.08. The summed E-state index contributed by atoms with van der Waals surface area (Å²) in [6.07, 6.45) is 2.44. The minimum Gasteiger partial charge on any atom is -0.369 e. The minimum absolute atomic E-state index is 0.466. The second-order valence-corrected chi connectivity index (χ2v) is 5.74. The summed E-state index contributed by atoms with van der Waals surface area (Å²) in [7, 11) is 1.96.